The van der Waals surface area contributed by atoms with Gasteiger partial charge in [0.15, 0.2) is 0 Å². The van der Waals surface area contributed by atoms with Gasteiger partial charge in [0.05, 0.1) is 23.4 Å². The Labute approximate surface area is 135 Å². The summed E-state index contributed by atoms with van der Waals surface area (Å²) < 4.78 is 38.6. The standard InChI is InChI=1S/C15H15ClF3N3O/c16-10-3-4-11-12(6-10)20-13(21-14(11)23)8-22-5-1-2-9(7-22)15(17,18)19/h3-4,6,9H,1-2,5,7-8H2,(H,20,21,23)/t9-/m0/s1. The van der Waals surface area contributed by atoms with Gasteiger partial charge in [-0.3, -0.25) is 9.69 Å². The Balaban J connectivity index is 1.82. The van der Waals surface area contributed by atoms with E-state index >= 15 is 0 Å². The predicted octanol–water partition coefficient (Wildman–Crippen LogP) is 3.35. The number of hydrogen-bond acceptors (Lipinski definition) is 3. The molecule has 2 aromatic rings. The fourth-order valence-electron chi connectivity index (χ4n) is 2.91. The molecule has 1 aromatic carbocycles. The van der Waals surface area contributed by atoms with E-state index in [9.17, 15) is 18.0 Å². The summed E-state index contributed by atoms with van der Waals surface area (Å²) in [6, 6.07) is 4.75. The van der Waals surface area contributed by atoms with Gasteiger partial charge in [0, 0.05) is 11.6 Å². The van der Waals surface area contributed by atoms with Gasteiger partial charge in [-0.05, 0) is 37.6 Å². The van der Waals surface area contributed by atoms with E-state index in [0.717, 1.165) is 0 Å². The summed E-state index contributed by atoms with van der Waals surface area (Å²) in [5.74, 6) is -0.967. The summed E-state index contributed by atoms with van der Waals surface area (Å²) in [6.45, 7) is 0.676. The second kappa shape index (κ2) is 6.13. The van der Waals surface area contributed by atoms with E-state index in [1.807, 2.05) is 0 Å². The summed E-state index contributed by atoms with van der Waals surface area (Å²) in [7, 11) is 0. The van der Waals surface area contributed by atoms with Gasteiger partial charge in [0.25, 0.3) is 5.56 Å². The van der Waals surface area contributed by atoms with Gasteiger partial charge in [-0.1, -0.05) is 11.6 Å². The van der Waals surface area contributed by atoms with Crippen molar-refractivity contribution >= 4 is 22.5 Å². The third-order valence-electron chi connectivity index (χ3n) is 4.06. The molecule has 1 saturated heterocycles. The first-order valence-corrected chi connectivity index (χ1v) is 7.68. The molecule has 23 heavy (non-hydrogen) atoms. The van der Waals surface area contributed by atoms with Crippen LogP contribution in [0.25, 0.3) is 10.9 Å². The molecular weight excluding hydrogens is 331 g/mol. The number of hydrogen-bond donors (Lipinski definition) is 1. The quantitative estimate of drug-likeness (QED) is 0.908. The maximum atomic E-state index is 12.9. The molecule has 1 aliphatic heterocycles. The lowest BCUT2D eigenvalue weighted by Crippen LogP contribution is -2.41. The molecule has 0 saturated carbocycles. The summed E-state index contributed by atoms with van der Waals surface area (Å²) >= 11 is 5.90. The molecule has 0 spiro atoms. The van der Waals surface area contributed by atoms with Gasteiger partial charge in [-0.25, -0.2) is 4.98 Å². The van der Waals surface area contributed by atoms with Crippen molar-refractivity contribution in [1.29, 1.82) is 0 Å². The van der Waals surface area contributed by atoms with E-state index in [1.54, 1.807) is 23.1 Å². The molecule has 1 N–H and O–H groups in total. The van der Waals surface area contributed by atoms with E-state index in [2.05, 4.69) is 9.97 Å². The zero-order valence-corrected chi connectivity index (χ0v) is 12.9. The molecule has 1 fully saturated rings. The average molecular weight is 346 g/mol. The molecule has 1 atom stereocenters. The van der Waals surface area contributed by atoms with Crippen LogP contribution in [0.4, 0.5) is 13.2 Å². The lowest BCUT2D eigenvalue weighted by molar-refractivity contribution is -0.187. The molecule has 3 rings (SSSR count). The summed E-state index contributed by atoms with van der Waals surface area (Å²) in [6.07, 6.45) is -3.55. The Bertz CT molecular complexity index is 775. The smallest absolute Gasteiger partial charge is 0.309 e. The Morgan fingerprint density at radius 1 is 1.39 bits per heavy atom. The van der Waals surface area contributed by atoms with Crippen molar-refractivity contribution in [1.82, 2.24) is 14.9 Å². The molecule has 1 aromatic heterocycles. The van der Waals surface area contributed by atoms with Crippen molar-refractivity contribution < 1.29 is 13.2 Å². The number of piperidine rings is 1. The van der Waals surface area contributed by atoms with E-state index in [4.69, 9.17) is 11.6 Å². The zero-order chi connectivity index (χ0) is 16.6. The number of H-pyrrole nitrogens is 1. The molecule has 4 nitrogen and oxygen atoms in total. The van der Waals surface area contributed by atoms with Gasteiger partial charge in [0.2, 0.25) is 0 Å². The number of alkyl halides is 3. The molecule has 0 radical (unpaired) electrons. The fraction of sp³-hybridized carbons (Fsp3) is 0.467. The number of rotatable bonds is 2. The van der Waals surface area contributed by atoms with E-state index < -0.39 is 12.1 Å². The van der Waals surface area contributed by atoms with Gasteiger partial charge < -0.3 is 4.98 Å². The predicted molar refractivity (Wildman–Crippen MR) is 81.4 cm³/mol. The highest BCUT2D eigenvalue weighted by atomic mass is 35.5. The van der Waals surface area contributed by atoms with Crippen LogP contribution in [0, 0.1) is 5.92 Å². The summed E-state index contributed by atoms with van der Waals surface area (Å²) in [5, 5.41) is 0.863. The molecule has 0 amide bonds. The Kier molecular flexibility index (Phi) is 4.33. The number of nitrogens with one attached hydrogen (secondary N) is 1. The van der Waals surface area contributed by atoms with E-state index in [0.29, 0.717) is 34.7 Å². The van der Waals surface area contributed by atoms with Gasteiger partial charge in [-0.2, -0.15) is 13.2 Å². The minimum atomic E-state index is -4.18. The van der Waals surface area contributed by atoms with Crippen LogP contribution in [0.15, 0.2) is 23.0 Å². The minimum Gasteiger partial charge on any atom is -0.309 e. The van der Waals surface area contributed by atoms with E-state index in [1.165, 1.54) is 0 Å². The van der Waals surface area contributed by atoms with Gasteiger partial charge in [-0.15, -0.1) is 0 Å². The molecule has 8 heteroatoms. The van der Waals surface area contributed by atoms with Crippen molar-refractivity contribution in [2.45, 2.75) is 25.6 Å². The van der Waals surface area contributed by atoms with Gasteiger partial charge in [0.1, 0.15) is 5.82 Å². The third-order valence-corrected chi connectivity index (χ3v) is 4.29. The maximum absolute atomic E-state index is 12.9. The molecule has 0 unspecified atom stereocenters. The minimum absolute atomic E-state index is 0.0687. The number of nitrogens with zero attached hydrogens (tertiary/aromatic N) is 2. The number of aromatic nitrogens is 2. The highest BCUT2D eigenvalue weighted by Crippen LogP contribution is 2.33. The topological polar surface area (TPSA) is 49.0 Å². The molecule has 0 bridgehead atoms. The van der Waals surface area contributed by atoms with E-state index in [-0.39, 0.29) is 25.1 Å². The van der Waals surface area contributed by atoms with Crippen LogP contribution in [0.5, 0.6) is 0 Å². The van der Waals surface area contributed by atoms with Crippen molar-refractivity contribution in [3.05, 3.63) is 39.4 Å². The highest BCUT2D eigenvalue weighted by molar-refractivity contribution is 6.31. The average Bonchev–Trinajstić information content (AvgIpc) is 2.46. The number of halogens is 4. The van der Waals surface area contributed by atoms with Crippen molar-refractivity contribution in [3.8, 4) is 0 Å². The Morgan fingerprint density at radius 2 is 2.17 bits per heavy atom. The Hall–Kier alpha value is -1.60. The van der Waals surface area contributed by atoms with Crippen LogP contribution >= 0.6 is 11.6 Å². The number of likely N-dealkylation sites (tertiary alicyclic amines) is 1. The lowest BCUT2D eigenvalue weighted by Gasteiger charge is -2.33. The molecule has 2 heterocycles. The first kappa shape index (κ1) is 16.3. The van der Waals surface area contributed by atoms with Gasteiger partial charge >= 0.3 is 6.18 Å². The highest BCUT2D eigenvalue weighted by Gasteiger charge is 2.41. The summed E-state index contributed by atoms with van der Waals surface area (Å²) in [5.41, 5.74) is 0.131. The van der Waals surface area contributed by atoms with Crippen LogP contribution in [-0.2, 0) is 6.54 Å². The van der Waals surface area contributed by atoms with Crippen molar-refractivity contribution in [3.63, 3.8) is 0 Å². The first-order chi connectivity index (χ1) is 10.8. The van der Waals surface area contributed by atoms with Crippen LogP contribution in [0.2, 0.25) is 5.02 Å². The van der Waals surface area contributed by atoms with Crippen molar-refractivity contribution in [2.24, 2.45) is 5.92 Å². The van der Waals surface area contributed by atoms with Crippen LogP contribution in [0.3, 0.4) is 0 Å². The first-order valence-electron chi connectivity index (χ1n) is 7.30. The lowest BCUT2D eigenvalue weighted by atomic mass is 9.97. The summed E-state index contributed by atoms with van der Waals surface area (Å²) in [4.78, 5) is 20.7. The molecular formula is C15H15ClF3N3O. The van der Waals surface area contributed by atoms with Crippen LogP contribution in [0.1, 0.15) is 18.7 Å². The monoisotopic (exact) mass is 345 g/mol. The van der Waals surface area contributed by atoms with Crippen molar-refractivity contribution in [2.75, 3.05) is 13.1 Å². The van der Waals surface area contributed by atoms with Crippen LogP contribution in [-0.4, -0.2) is 34.1 Å². The largest absolute Gasteiger partial charge is 0.393 e. The SMILES string of the molecule is O=c1[nH]c(CN2CCC[C@H](C(F)(F)F)C2)nc2cc(Cl)ccc12. The second-order valence-electron chi connectivity index (χ2n) is 5.79. The number of benzene rings is 1. The maximum Gasteiger partial charge on any atom is 0.393 e. The number of aromatic amines is 1. The fourth-order valence-corrected chi connectivity index (χ4v) is 3.08. The molecule has 124 valence electrons. The zero-order valence-electron chi connectivity index (χ0n) is 12.2. The normalized spacial score (nSPS) is 20.1. The number of fused-ring (bicyclic) bond motifs is 1. The molecule has 1 aliphatic rings. The second-order valence-corrected chi connectivity index (χ2v) is 6.23. The van der Waals surface area contributed by atoms with Crippen LogP contribution < -0.4 is 5.56 Å². The molecule has 0 aliphatic carbocycles. The Morgan fingerprint density at radius 3 is 2.91 bits per heavy atom. The third kappa shape index (κ3) is 3.67.